The van der Waals surface area contributed by atoms with E-state index in [-0.39, 0.29) is 11.4 Å². The number of nitrogens with two attached hydrogens (primary N) is 1. The Morgan fingerprint density at radius 1 is 1.54 bits per heavy atom. The Kier molecular flexibility index (Phi) is 2.10. The third-order valence-electron chi connectivity index (χ3n) is 2.05. The van der Waals surface area contributed by atoms with Crippen molar-refractivity contribution in [2.75, 3.05) is 0 Å². The first kappa shape index (κ1) is 10.0. The fourth-order valence-corrected chi connectivity index (χ4v) is 1.76. The summed E-state index contributed by atoms with van der Waals surface area (Å²) in [7, 11) is 0. The fourth-order valence-electron chi connectivity index (χ4n) is 1.76. The van der Waals surface area contributed by atoms with Gasteiger partial charge in [0.1, 0.15) is 5.84 Å². The summed E-state index contributed by atoms with van der Waals surface area (Å²) in [6.45, 7) is 8.23. The van der Waals surface area contributed by atoms with E-state index in [0.29, 0.717) is 5.84 Å². The van der Waals surface area contributed by atoms with Crippen molar-refractivity contribution < 1.29 is 4.79 Å². The average Bonchev–Trinajstić information content (AvgIpc) is 2.00. The average molecular weight is 183 g/mol. The van der Waals surface area contributed by atoms with Gasteiger partial charge in [-0.05, 0) is 18.8 Å². The molecule has 4 nitrogen and oxygen atoms in total. The molecule has 0 radical (unpaired) electrons. The highest BCUT2D eigenvalue weighted by Gasteiger charge is 2.39. The number of nitrogens with zero attached hydrogens (tertiary/aromatic N) is 1. The topological polar surface area (TPSA) is 67.5 Å². The highest BCUT2D eigenvalue weighted by molar-refractivity contribution is 6.05. The first-order chi connectivity index (χ1) is 5.73. The van der Waals surface area contributed by atoms with Crippen molar-refractivity contribution in [2.45, 2.75) is 39.7 Å². The second-order valence-corrected chi connectivity index (χ2v) is 5.00. The summed E-state index contributed by atoms with van der Waals surface area (Å²) in [5.74, 6) is 0.396. The van der Waals surface area contributed by atoms with Gasteiger partial charge in [-0.2, -0.15) is 4.99 Å². The van der Waals surface area contributed by atoms with E-state index in [0.717, 1.165) is 6.42 Å². The van der Waals surface area contributed by atoms with Crippen LogP contribution < -0.4 is 11.1 Å². The molecule has 2 amide bonds. The number of amides is 2. The minimum absolute atomic E-state index is 0.118. The van der Waals surface area contributed by atoms with E-state index in [9.17, 15) is 4.79 Å². The van der Waals surface area contributed by atoms with Crippen LogP contribution in [-0.2, 0) is 0 Å². The zero-order chi connectivity index (χ0) is 10.3. The van der Waals surface area contributed by atoms with Crippen LogP contribution in [0, 0.1) is 5.41 Å². The first-order valence-corrected chi connectivity index (χ1v) is 4.40. The van der Waals surface area contributed by atoms with E-state index in [2.05, 4.69) is 31.1 Å². The van der Waals surface area contributed by atoms with Gasteiger partial charge in [-0.3, -0.25) is 0 Å². The van der Waals surface area contributed by atoms with Gasteiger partial charge in [0.25, 0.3) is 0 Å². The molecule has 0 fully saturated rings. The second kappa shape index (κ2) is 2.72. The molecule has 1 rings (SSSR count). The molecule has 0 aromatic heterocycles. The van der Waals surface area contributed by atoms with Gasteiger partial charge in [0.2, 0.25) is 0 Å². The minimum Gasteiger partial charge on any atom is -0.385 e. The summed E-state index contributed by atoms with van der Waals surface area (Å²) in [4.78, 5) is 14.6. The van der Waals surface area contributed by atoms with Crippen LogP contribution in [0.15, 0.2) is 4.99 Å². The second-order valence-electron chi connectivity index (χ2n) is 5.00. The standard InChI is InChI=1S/C9H17N3O/c1-8(2,3)5-9(4)6(10)11-7(13)12-9/h5H2,1-4H3,(H3,10,11,12,13). The fraction of sp³-hybridized carbons (Fsp3) is 0.778. The maximum atomic E-state index is 11.0. The summed E-state index contributed by atoms with van der Waals surface area (Å²) in [6.07, 6.45) is 0.793. The SMILES string of the molecule is CC(C)(C)CC1(C)NC(=O)N=C1N. The lowest BCUT2D eigenvalue weighted by atomic mass is 9.80. The highest BCUT2D eigenvalue weighted by atomic mass is 16.2. The van der Waals surface area contributed by atoms with E-state index < -0.39 is 5.54 Å². The van der Waals surface area contributed by atoms with E-state index in [1.54, 1.807) is 0 Å². The van der Waals surface area contributed by atoms with Crippen LogP contribution >= 0.6 is 0 Å². The monoisotopic (exact) mass is 183 g/mol. The summed E-state index contributed by atoms with van der Waals surface area (Å²) in [5.41, 5.74) is 5.33. The zero-order valence-corrected chi connectivity index (χ0v) is 8.64. The van der Waals surface area contributed by atoms with Crippen molar-refractivity contribution in [3.63, 3.8) is 0 Å². The largest absolute Gasteiger partial charge is 0.385 e. The molecule has 0 aliphatic carbocycles. The number of urea groups is 1. The van der Waals surface area contributed by atoms with Gasteiger partial charge in [0.05, 0.1) is 5.54 Å². The molecule has 0 saturated heterocycles. The molecule has 0 aromatic rings. The molecular weight excluding hydrogens is 166 g/mol. The van der Waals surface area contributed by atoms with Crippen molar-refractivity contribution in [2.24, 2.45) is 16.1 Å². The number of aliphatic imine (C=N–C) groups is 1. The molecule has 4 heteroatoms. The van der Waals surface area contributed by atoms with Crippen molar-refractivity contribution in [3.05, 3.63) is 0 Å². The van der Waals surface area contributed by atoms with Gasteiger partial charge >= 0.3 is 6.03 Å². The molecule has 0 spiro atoms. The summed E-state index contributed by atoms with van der Waals surface area (Å²) in [5, 5.41) is 2.77. The maximum Gasteiger partial charge on any atom is 0.343 e. The molecule has 1 aliphatic heterocycles. The third-order valence-corrected chi connectivity index (χ3v) is 2.05. The molecular formula is C9H17N3O. The minimum atomic E-state index is -0.463. The number of nitrogens with one attached hydrogen (secondary N) is 1. The lowest BCUT2D eigenvalue weighted by molar-refractivity contribution is 0.238. The van der Waals surface area contributed by atoms with E-state index in [4.69, 9.17) is 5.73 Å². The van der Waals surface area contributed by atoms with Crippen LogP contribution in [-0.4, -0.2) is 17.4 Å². The molecule has 3 N–H and O–H groups in total. The van der Waals surface area contributed by atoms with E-state index in [1.165, 1.54) is 0 Å². The summed E-state index contributed by atoms with van der Waals surface area (Å²) >= 11 is 0. The Hall–Kier alpha value is -1.06. The van der Waals surface area contributed by atoms with Gasteiger partial charge in [-0.25, -0.2) is 4.79 Å². The maximum absolute atomic E-state index is 11.0. The summed E-state index contributed by atoms with van der Waals surface area (Å²) < 4.78 is 0. The van der Waals surface area contributed by atoms with Gasteiger partial charge in [-0.15, -0.1) is 0 Å². The van der Waals surface area contributed by atoms with Crippen molar-refractivity contribution in [1.29, 1.82) is 0 Å². The van der Waals surface area contributed by atoms with Crippen LogP contribution in [0.25, 0.3) is 0 Å². The van der Waals surface area contributed by atoms with Crippen LogP contribution in [0.1, 0.15) is 34.1 Å². The van der Waals surface area contributed by atoms with Gasteiger partial charge in [0, 0.05) is 0 Å². The Labute approximate surface area is 78.6 Å². The van der Waals surface area contributed by atoms with E-state index in [1.807, 2.05) is 6.92 Å². The molecule has 0 aromatic carbocycles. The lowest BCUT2D eigenvalue weighted by Gasteiger charge is -2.31. The number of carbonyl (C=O) groups is 1. The number of amidine groups is 1. The Balaban J connectivity index is 2.80. The van der Waals surface area contributed by atoms with Gasteiger partial charge < -0.3 is 11.1 Å². The molecule has 1 heterocycles. The van der Waals surface area contributed by atoms with Gasteiger partial charge in [-0.1, -0.05) is 20.8 Å². The molecule has 74 valence electrons. The van der Waals surface area contributed by atoms with E-state index >= 15 is 0 Å². The molecule has 1 unspecified atom stereocenters. The molecule has 13 heavy (non-hydrogen) atoms. The zero-order valence-electron chi connectivity index (χ0n) is 8.64. The summed E-state index contributed by atoms with van der Waals surface area (Å²) in [6, 6.07) is -0.329. The van der Waals surface area contributed by atoms with Crippen molar-refractivity contribution >= 4 is 11.9 Å². The number of hydrogen-bond donors (Lipinski definition) is 2. The molecule has 0 bridgehead atoms. The van der Waals surface area contributed by atoms with Crippen molar-refractivity contribution in [3.8, 4) is 0 Å². The number of rotatable bonds is 1. The molecule has 1 aliphatic rings. The van der Waals surface area contributed by atoms with Crippen LogP contribution in [0.2, 0.25) is 0 Å². The quantitative estimate of drug-likeness (QED) is 0.642. The Bertz CT molecular complexity index is 265. The third kappa shape index (κ3) is 2.20. The predicted molar refractivity (Wildman–Crippen MR) is 52.6 cm³/mol. The smallest absolute Gasteiger partial charge is 0.343 e. The first-order valence-electron chi connectivity index (χ1n) is 4.40. The molecule has 1 atom stereocenters. The number of hydrogen-bond acceptors (Lipinski definition) is 2. The highest BCUT2D eigenvalue weighted by Crippen LogP contribution is 2.29. The Morgan fingerprint density at radius 3 is 2.38 bits per heavy atom. The molecule has 0 saturated carbocycles. The van der Waals surface area contributed by atoms with Crippen LogP contribution in [0.4, 0.5) is 4.79 Å². The van der Waals surface area contributed by atoms with Crippen LogP contribution in [0.5, 0.6) is 0 Å². The van der Waals surface area contributed by atoms with Gasteiger partial charge in [0.15, 0.2) is 0 Å². The number of carbonyl (C=O) groups excluding carboxylic acids is 1. The predicted octanol–water partition coefficient (Wildman–Crippen LogP) is 1.26. The normalized spacial score (nSPS) is 28.6. The lowest BCUT2D eigenvalue weighted by Crippen LogP contribution is -2.51. The van der Waals surface area contributed by atoms with Crippen molar-refractivity contribution in [1.82, 2.24) is 5.32 Å². The van der Waals surface area contributed by atoms with Crippen LogP contribution in [0.3, 0.4) is 0 Å². The Morgan fingerprint density at radius 2 is 2.08 bits per heavy atom.